The first-order valence-electron chi connectivity index (χ1n) is 7.83. The number of ether oxygens (including phenoxy) is 1. The summed E-state index contributed by atoms with van der Waals surface area (Å²) in [5, 5.41) is 3.24. The number of fused-ring (bicyclic) bond motifs is 1. The lowest BCUT2D eigenvalue weighted by molar-refractivity contribution is -0.121. The van der Waals surface area contributed by atoms with Crippen molar-refractivity contribution >= 4 is 5.78 Å². The number of aryl methyl sites for hydroxylation is 2. The van der Waals surface area contributed by atoms with Gasteiger partial charge in [0.2, 0.25) is 0 Å². The molecular weight excluding hydrogens is 250 g/mol. The number of Topliss-reactive ketones (excluding diaryl/α,β-unsaturated/α-hetero) is 1. The number of hydrogen-bond donors (Lipinski definition) is 1. The van der Waals surface area contributed by atoms with Crippen molar-refractivity contribution in [2.75, 3.05) is 13.2 Å². The predicted octanol–water partition coefficient (Wildman–Crippen LogP) is 2.66. The Morgan fingerprint density at radius 3 is 2.85 bits per heavy atom. The Hall–Kier alpha value is -1.35. The maximum Gasteiger partial charge on any atom is 0.153 e. The molecule has 1 saturated heterocycles. The molecule has 1 fully saturated rings. The Labute approximate surface area is 120 Å². The van der Waals surface area contributed by atoms with Crippen LogP contribution in [0.25, 0.3) is 0 Å². The summed E-state index contributed by atoms with van der Waals surface area (Å²) < 4.78 is 5.75. The quantitative estimate of drug-likeness (QED) is 0.896. The zero-order valence-corrected chi connectivity index (χ0v) is 12.0. The number of hydrogen-bond acceptors (Lipinski definition) is 3. The molecule has 1 aromatic rings. The molecule has 1 heterocycles. The van der Waals surface area contributed by atoms with Gasteiger partial charge in [-0.1, -0.05) is 6.07 Å². The smallest absolute Gasteiger partial charge is 0.153 e. The molecule has 1 unspecified atom stereocenters. The van der Waals surface area contributed by atoms with Crippen molar-refractivity contribution < 1.29 is 9.53 Å². The molecule has 1 atom stereocenters. The molecule has 0 radical (unpaired) electrons. The lowest BCUT2D eigenvalue weighted by Gasteiger charge is -2.17. The van der Waals surface area contributed by atoms with E-state index in [1.54, 1.807) is 0 Å². The SMILES string of the molecule is O=C(CCOc1ccc2c(c1)CCCC2)C1CCCN1. The minimum atomic E-state index is 0.0714. The summed E-state index contributed by atoms with van der Waals surface area (Å²) in [7, 11) is 0. The van der Waals surface area contributed by atoms with Crippen molar-refractivity contribution in [1.29, 1.82) is 0 Å². The molecule has 1 aliphatic heterocycles. The molecule has 20 heavy (non-hydrogen) atoms. The highest BCUT2D eigenvalue weighted by atomic mass is 16.5. The first-order valence-corrected chi connectivity index (χ1v) is 7.83. The summed E-state index contributed by atoms with van der Waals surface area (Å²) in [6.07, 6.45) is 7.55. The van der Waals surface area contributed by atoms with Crippen LogP contribution in [0.15, 0.2) is 18.2 Å². The third kappa shape index (κ3) is 3.21. The number of carbonyl (C=O) groups excluding carboxylic acids is 1. The Morgan fingerprint density at radius 2 is 2.05 bits per heavy atom. The molecule has 1 aliphatic carbocycles. The van der Waals surface area contributed by atoms with Crippen molar-refractivity contribution in [3.63, 3.8) is 0 Å². The van der Waals surface area contributed by atoms with Crippen molar-refractivity contribution in [3.05, 3.63) is 29.3 Å². The Balaban J connectivity index is 1.49. The lowest BCUT2D eigenvalue weighted by Crippen LogP contribution is -2.31. The first kappa shape index (κ1) is 13.6. The molecule has 1 aromatic carbocycles. The third-order valence-electron chi connectivity index (χ3n) is 4.39. The normalized spacial score (nSPS) is 21.5. The molecule has 0 spiro atoms. The zero-order chi connectivity index (χ0) is 13.8. The highest BCUT2D eigenvalue weighted by Crippen LogP contribution is 2.25. The van der Waals surface area contributed by atoms with Crippen molar-refractivity contribution in [2.24, 2.45) is 0 Å². The van der Waals surface area contributed by atoms with E-state index in [0.29, 0.717) is 18.8 Å². The minimum absolute atomic E-state index is 0.0714. The van der Waals surface area contributed by atoms with E-state index < -0.39 is 0 Å². The van der Waals surface area contributed by atoms with Crippen LogP contribution in [-0.2, 0) is 17.6 Å². The topological polar surface area (TPSA) is 38.3 Å². The maximum absolute atomic E-state index is 11.9. The summed E-state index contributed by atoms with van der Waals surface area (Å²) >= 11 is 0. The van der Waals surface area contributed by atoms with Gasteiger partial charge in [-0.25, -0.2) is 0 Å². The second-order valence-corrected chi connectivity index (χ2v) is 5.85. The third-order valence-corrected chi connectivity index (χ3v) is 4.39. The van der Waals surface area contributed by atoms with E-state index in [0.717, 1.165) is 31.6 Å². The molecule has 0 saturated carbocycles. The summed E-state index contributed by atoms with van der Waals surface area (Å²) in [5.41, 5.74) is 2.90. The van der Waals surface area contributed by atoms with Crippen molar-refractivity contribution in [3.8, 4) is 5.75 Å². The van der Waals surface area contributed by atoms with Gasteiger partial charge in [0.15, 0.2) is 5.78 Å². The van der Waals surface area contributed by atoms with Crippen LogP contribution in [0.2, 0.25) is 0 Å². The average molecular weight is 273 g/mol. The van der Waals surface area contributed by atoms with E-state index in [-0.39, 0.29) is 6.04 Å². The molecular formula is C17H23NO2. The lowest BCUT2D eigenvalue weighted by atomic mass is 9.92. The van der Waals surface area contributed by atoms with Gasteiger partial charge in [0.05, 0.1) is 12.6 Å². The largest absolute Gasteiger partial charge is 0.493 e. The van der Waals surface area contributed by atoms with E-state index >= 15 is 0 Å². The van der Waals surface area contributed by atoms with E-state index in [1.165, 1.54) is 30.4 Å². The van der Waals surface area contributed by atoms with Gasteiger partial charge in [-0.2, -0.15) is 0 Å². The Bertz CT molecular complexity index is 478. The van der Waals surface area contributed by atoms with Crippen LogP contribution in [0.3, 0.4) is 0 Å². The van der Waals surface area contributed by atoms with Gasteiger partial charge in [0, 0.05) is 6.42 Å². The van der Waals surface area contributed by atoms with E-state index in [4.69, 9.17) is 4.74 Å². The number of rotatable bonds is 5. The van der Waals surface area contributed by atoms with Crippen LogP contribution in [0.4, 0.5) is 0 Å². The van der Waals surface area contributed by atoms with Crippen LogP contribution in [-0.4, -0.2) is 25.0 Å². The van der Waals surface area contributed by atoms with Crippen LogP contribution < -0.4 is 10.1 Å². The predicted molar refractivity (Wildman–Crippen MR) is 79.2 cm³/mol. The van der Waals surface area contributed by atoms with Gasteiger partial charge >= 0.3 is 0 Å². The Kier molecular flexibility index (Phi) is 4.36. The summed E-state index contributed by atoms with van der Waals surface area (Å²) in [6.45, 7) is 1.47. The first-order chi connectivity index (χ1) is 9.83. The maximum atomic E-state index is 11.9. The molecule has 1 N–H and O–H groups in total. The fourth-order valence-corrected chi connectivity index (χ4v) is 3.20. The monoisotopic (exact) mass is 273 g/mol. The Morgan fingerprint density at radius 1 is 1.20 bits per heavy atom. The molecule has 2 aliphatic rings. The fraction of sp³-hybridized carbons (Fsp3) is 0.588. The van der Waals surface area contributed by atoms with Gasteiger partial charge in [-0.3, -0.25) is 4.79 Å². The highest BCUT2D eigenvalue weighted by Gasteiger charge is 2.21. The van der Waals surface area contributed by atoms with Crippen molar-refractivity contribution in [1.82, 2.24) is 5.32 Å². The van der Waals surface area contributed by atoms with Gasteiger partial charge in [0.25, 0.3) is 0 Å². The molecule has 3 heteroatoms. The summed E-state index contributed by atoms with van der Waals surface area (Å²) in [4.78, 5) is 11.9. The van der Waals surface area contributed by atoms with Gasteiger partial charge < -0.3 is 10.1 Å². The summed E-state index contributed by atoms with van der Waals surface area (Å²) in [6, 6.07) is 6.46. The highest BCUT2D eigenvalue weighted by molar-refractivity contribution is 5.84. The van der Waals surface area contributed by atoms with Crippen LogP contribution in [0.1, 0.15) is 43.2 Å². The van der Waals surface area contributed by atoms with Crippen molar-refractivity contribution in [2.45, 2.75) is 51.0 Å². The molecule has 0 aromatic heterocycles. The van der Waals surface area contributed by atoms with E-state index in [9.17, 15) is 4.79 Å². The molecule has 108 valence electrons. The second-order valence-electron chi connectivity index (χ2n) is 5.85. The number of benzene rings is 1. The minimum Gasteiger partial charge on any atom is -0.493 e. The van der Waals surface area contributed by atoms with Crippen LogP contribution in [0, 0.1) is 0 Å². The fourth-order valence-electron chi connectivity index (χ4n) is 3.20. The van der Waals surface area contributed by atoms with Gasteiger partial charge in [0.1, 0.15) is 5.75 Å². The second kappa shape index (κ2) is 6.40. The van der Waals surface area contributed by atoms with Gasteiger partial charge in [-0.15, -0.1) is 0 Å². The van der Waals surface area contributed by atoms with Crippen LogP contribution >= 0.6 is 0 Å². The zero-order valence-electron chi connectivity index (χ0n) is 12.0. The van der Waals surface area contributed by atoms with Crippen LogP contribution in [0.5, 0.6) is 5.75 Å². The van der Waals surface area contributed by atoms with E-state index in [2.05, 4.69) is 17.4 Å². The molecule has 0 amide bonds. The molecule has 3 rings (SSSR count). The molecule has 3 nitrogen and oxygen atoms in total. The average Bonchev–Trinajstić information content (AvgIpc) is 3.01. The number of nitrogens with one attached hydrogen (secondary N) is 1. The summed E-state index contributed by atoms with van der Waals surface area (Å²) in [5.74, 6) is 1.21. The van der Waals surface area contributed by atoms with E-state index in [1.807, 2.05) is 6.07 Å². The van der Waals surface area contributed by atoms with Gasteiger partial charge in [-0.05, 0) is 68.3 Å². The standard InChI is InChI=1S/C17H23NO2/c19-17(16-6-3-10-18-16)9-11-20-15-8-7-13-4-1-2-5-14(13)12-15/h7-8,12,16,18H,1-6,9-11H2. The number of ketones is 1. The molecule has 0 bridgehead atoms. The number of carbonyl (C=O) groups is 1.